The molecule has 0 heterocycles. The van der Waals surface area contributed by atoms with Gasteiger partial charge in [-0.05, 0) is 41.0 Å². The maximum atomic E-state index is 12.3. The van der Waals surface area contributed by atoms with Crippen LogP contribution in [0.3, 0.4) is 0 Å². The highest BCUT2D eigenvalue weighted by molar-refractivity contribution is 5.79. The Kier molecular flexibility index (Phi) is 5.33. The summed E-state index contributed by atoms with van der Waals surface area (Å²) in [4.78, 5) is 23.7. The Morgan fingerprint density at radius 1 is 0.964 bits per heavy atom. The first-order valence-corrected chi connectivity index (χ1v) is 9.97. The summed E-state index contributed by atoms with van der Waals surface area (Å²) in [6.07, 6.45) is 3.00. The van der Waals surface area contributed by atoms with Crippen molar-refractivity contribution in [1.29, 1.82) is 0 Å². The summed E-state index contributed by atoms with van der Waals surface area (Å²) < 4.78 is 5.53. The van der Waals surface area contributed by atoms with Gasteiger partial charge in [-0.1, -0.05) is 61.4 Å². The van der Waals surface area contributed by atoms with E-state index in [4.69, 9.17) is 4.74 Å². The van der Waals surface area contributed by atoms with Crippen molar-refractivity contribution in [2.45, 2.75) is 31.6 Å². The Bertz CT molecular complexity index is 833. The topological polar surface area (TPSA) is 75.6 Å². The number of carboxylic acids is 1. The number of alkyl carbamates (subject to hydrolysis) is 1. The van der Waals surface area contributed by atoms with Gasteiger partial charge in [-0.2, -0.15) is 0 Å². The Hall–Kier alpha value is -2.82. The van der Waals surface area contributed by atoms with Crippen LogP contribution in [-0.4, -0.2) is 30.3 Å². The smallest absolute Gasteiger partial charge is 0.407 e. The van der Waals surface area contributed by atoms with E-state index in [1.165, 1.54) is 22.3 Å². The number of rotatable bonds is 5. The molecule has 2 aromatic rings. The van der Waals surface area contributed by atoms with E-state index in [1.54, 1.807) is 0 Å². The minimum atomic E-state index is -0.765. The Morgan fingerprint density at radius 3 is 2.21 bits per heavy atom. The molecule has 0 aromatic heterocycles. The van der Waals surface area contributed by atoms with Gasteiger partial charge in [0.05, 0.1) is 5.92 Å². The highest BCUT2D eigenvalue weighted by Crippen LogP contribution is 2.44. The molecule has 2 aliphatic rings. The van der Waals surface area contributed by atoms with Gasteiger partial charge in [0.2, 0.25) is 0 Å². The van der Waals surface area contributed by atoms with Gasteiger partial charge < -0.3 is 15.2 Å². The average molecular weight is 379 g/mol. The minimum absolute atomic E-state index is 0.0215. The first-order valence-electron chi connectivity index (χ1n) is 9.97. The molecule has 5 heteroatoms. The van der Waals surface area contributed by atoms with E-state index in [9.17, 15) is 14.7 Å². The second-order valence-corrected chi connectivity index (χ2v) is 7.70. The van der Waals surface area contributed by atoms with Gasteiger partial charge in [-0.3, -0.25) is 4.79 Å². The van der Waals surface area contributed by atoms with Crippen LogP contribution in [0.1, 0.15) is 42.7 Å². The molecule has 4 rings (SSSR count). The molecule has 2 aromatic carbocycles. The summed E-state index contributed by atoms with van der Waals surface area (Å²) >= 11 is 0. The molecule has 0 radical (unpaired) electrons. The van der Waals surface area contributed by atoms with Gasteiger partial charge in [0.15, 0.2) is 0 Å². The molecule has 0 spiro atoms. The lowest BCUT2D eigenvalue weighted by Crippen LogP contribution is -2.37. The van der Waals surface area contributed by atoms with Crippen molar-refractivity contribution in [3.05, 3.63) is 59.7 Å². The SMILES string of the molecule is O=C(NCC1CCCCC1C(=O)O)OCC1c2ccccc2-c2ccccc21. The molecule has 0 bridgehead atoms. The van der Waals surface area contributed by atoms with Crippen molar-refractivity contribution in [3.8, 4) is 11.1 Å². The van der Waals surface area contributed by atoms with Crippen LogP contribution < -0.4 is 5.32 Å². The van der Waals surface area contributed by atoms with Gasteiger partial charge in [0.25, 0.3) is 0 Å². The number of fused-ring (bicyclic) bond motifs is 3. The lowest BCUT2D eigenvalue weighted by atomic mass is 9.79. The van der Waals surface area contributed by atoms with Crippen LogP contribution in [-0.2, 0) is 9.53 Å². The van der Waals surface area contributed by atoms with Crippen molar-refractivity contribution in [1.82, 2.24) is 5.32 Å². The Balaban J connectivity index is 1.37. The zero-order valence-electron chi connectivity index (χ0n) is 15.8. The maximum Gasteiger partial charge on any atom is 0.407 e. The molecular formula is C23H25NO4. The number of carbonyl (C=O) groups excluding carboxylic acids is 1. The largest absolute Gasteiger partial charge is 0.481 e. The molecule has 2 aliphatic carbocycles. The predicted molar refractivity (Wildman–Crippen MR) is 106 cm³/mol. The number of aliphatic carboxylic acids is 1. The molecule has 0 saturated heterocycles. The zero-order valence-corrected chi connectivity index (χ0v) is 15.8. The van der Waals surface area contributed by atoms with Crippen molar-refractivity contribution in [3.63, 3.8) is 0 Å². The van der Waals surface area contributed by atoms with Crippen molar-refractivity contribution in [2.75, 3.05) is 13.2 Å². The summed E-state index contributed by atoms with van der Waals surface area (Å²) in [5.41, 5.74) is 4.74. The second kappa shape index (κ2) is 8.05. The first-order chi connectivity index (χ1) is 13.6. The van der Waals surface area contributed by atoms with Crippen LogP contribution in [0.25, 0.3) is 11.1 Å². The van der Waals surface area contributed by atoms with E-state index in [1.807, 2.05) is 24.3 Å². The normalized spacial score (nSPS) is 20.9. The Labute approximate surface area is 164 Å². The van der Waals surface area contributed by atoms with Crippen LogP contribution in [0.5, 0.6) is 0 Å². The number of carbonyl (C=O) groups is 2. The molecule has 1 fully saturated rings. The van der Waals surface area contributed by atoms with Crippen LogP contribution >= 0.6 is 0 Å². The fourth-order valence-electron chi connectivity index (χ4n) is 4.64. The highest BCUT2D eigenvalue weighted by Gasteiger charge is 2.32. The van der Waals surface area contributed by atoms with E-state index in [-0.39, 0.29) is 24.4 Å². The summed E-state index contributed by atoms with van der Waals surface area (Å²) in [6, 6.07) is 16.4. The molecule has 2 unspecified atom stereocenters. The number of ether oxygens (including phenoxy) is 1. The third-order valence-electron chi connectivity index (χ3n) is 6.08. The number of carboxylic acid groups (broad SMARTS) is 1. The van der Waals surface area contributed by atoms with E-state index in [0.717, 1.165) is 19.3 Å². The number of benzene rings is 2. The third kappa shape index (κ3) is 3.61. The van der Waals surface area contributed by atoms with Gasteiger partial charge in [0, 0.05) is 12.5 Å². The molecule has 28 heavy (non-hydrogen) atoms. The number of nitrogens with one attached hydrogen (secondary N) is 1. The molecule has 2 N–H and O–H groups in total. The highest BCUT2D eigenvalue weighted by atomic mass is 16.5. The molecule has 1 saturated carbocycles. The lowest BCUT2D eigenvalue weighted by Gasteiger charge is -2.28. The molecule has 146 valence electrons. The number of hydrogen-bond donors (Lipinski definition) is 2. The lowest BCUT2D eigenvalue weighted by molar-refractivity contribution is -0.144. The number of hydrogen-bond acceptors (Lipinski definition) is 3. The molecule has 1 amide bonds. The minimum Gasteiger partial charge on any atom is -0.481 e. The summed E-state index contributed by atoms with van der Waals surface area (Å²) in [5, 5.41) is 12.1. The average Bonchev–Trinajstić information content (AvgIpc) is 3.05. The van der Waals surface area contributed by atoms with Gasteiger partial charge in [0.1, 0.15) is 6.61 Å². The summed E-state index contributed by atoms with van der Waals surface area (Å²) in [5.74, 6) is -1.13. The first kappa shape index (κ1) is 18.5. The van der Waals surface area contributed by atoms with Gasteiger partial charge in [-0.15, -0.1) is 0 Å². The van der Waals surface area contributed by atoms with Crippen molar-refractivity contribution < 1.29 is 19.4 Å². The fourth-order valence-corrected chi connectivity index (χ4v) is 4.64. The quantitative estimate of drug-likeness (QED) is 0.806. The molecule has 0 aliphatic heterocycles. The van der Waals surface area contributed by atoms with Crippen LogP contribution in [0.4, 0.5) is 4.79 Å². The van der Waals surface area contributed by atoms with E-state index < -0.39 is 12.1 Å². The number of amides is 1. The van der Waals surface area contributed by atoms with Crippen LogP contribution in [0.2, 0.25) is 0 Å². The van der Waals surface area contributed by atoms with Gasteiger partial charge >= 0.3 is 12.1 Å². The maximum absolute atomic E-state index is 12.3. The van der Waals surface area contributed by atoms with Crippen LogP contribution in [0.15, 0.2) is 48.5 Å². The summed E-state index contributed by atoms with van der Waals surface area (Å²) in [6.45, 7) is 0.626. The second-order valence-electron chi connectivity index (χ2n) is 7.70. The Morgan fingerprint density at radius 2 is 1.57 bits per heavy atom. The molecule has 2 atom stereocenters. The third-order valence-corrected chi connectivity index (χ3v) is 6.08. The monoisotopic (exact) mass is 379 g/mol. The van der Waals surface area contributed by atoms with E-state index in [0.29, 0.717) is 13.0 Å². The van der Waals surface area contributed by atoms with Crippen molar-refractivity contribution in [2.24, 2.45) is 11.8 Å². The standard InChI is InChI=1S/C23H25NO4/c25-22(26)16-8-2-1-7-15(16)13-24-23(27)28-14-21-19-11-5-3-9-17(19)18-10-4-6-12-20(18)21/h3-6,9-12,15-16,21H,1-2,7-8,13-14H2,(H,24,27)(H,25,26). The predicted octanol–water partition coefficient (Wildman–Crippen LogP) is 4.42. The van der Waals surface area contributed by atoms with Crippen molar-refractivity contribution >= 4 is 12.1 Å². The van der Waals surface area contributed by atoms with Crippen LogP contribution in [0, 0.1) is 11.8 Å². The van der Waals surface area contributed by atoms with E-state index >= 15 is 0 Å². The fraction of sp³-hybridized carbons (Fsp3) is 0.391. The molecular weight excluding hydrogens is 354 g/mol. The molecule has 5 nitrogen and oxygen atoms in total. The van der Waals surface area contributed by atoms with E-state index in [2.05, 4.69) is 29.6 Å². The van der Waals surface area contributed by atoms with Gasteiger partial charge in [-0.25, -0.2) is 4.79 Å². The summed E-state index contributed by atoms with van der Waals surface area (Å²) in [7, 11) is 0. The zero-order chi connectivity index (χ0) is 19.5.